The number of hydrogen-bond donors (Lipinski definition) is 2. The van der Waals surface area contributed by atoms with Crippen molar-refractivity contribution in [3.05, 3.63) is 187 Å². The predicted octanol–water partition coefficient (Wildman–Crippen LogP) is 11.9. The molecule has 2 aromatic heterocycles. The molecule has 0 saturated carbocycles. The van der Waals surface area contributed by atoms with Crippen molar-refractivity contribution in [2.24, 2.45) is 0 Å². The fraction of sp³-hybridized carbons (Fsp3) is 0.0435. The summed E-state index contributed by atoms with van der Waals surface area (Å²) in [5, 5.41) is 13.1. The Morgan fingerprint density at radius 3 is 1.84 bits per heavy atom. The largest absolute Gasteiger partial charge is 0.352 e. The molecule has 238 valence electrons. The molecule has 10 rings (SSSR count). The topological polar surface area (TPSA) is 29.0 Å². The van der Waals surface area contributed by atoms with Gasteiger partial charge in [-0.05, 0) is 69.8 Å². The van der Waals surface area contributed by atoms with E-state index < -0.39 is 0 Å². The molecule has 2 unspecified atom stereocenters. The second kappa shape index (κ2) is 11.9. The summed E-state index contributed by atoms with van der Waals surface area (Å²) < 4.78 is 5.09. The first kappa shape index (κ1) is 29.0. The molecule has 2 atom stereocenters. The Morgan fingerprint density at radius 2 is 1.06 bits per heavy atom. The van der Waals surface area contributed by atoms with Gasteiger partial charge in [0, 0.05) is 36.6 Å². The van der Waals surface area contributed by atoms with E-state index in [1.54, 1.807) is 0 Å². The highest BCUT2D eigenvalue weighted by Crippen LogP contribution is 2.40. The Bertz CT molecular complexity index is 2710. The summed E-state index contributed by atoms with van der Waals surface area (Å²) in [5.74, 6) is 0. The lowest BCUT2D eigenvalue weighted by atomic mass is 10.0. The number of fused-ring (bicyclic) bond motifs is 6. The average molecular weight is 660 g/mol. The zero-order chi connectivity index (χ0) is 33.0. The van der Waals surface area contributed by atoms with E-state index in [0.717, 1.165) is 5.70 Å². The van der Waals surface area contributed by atoms with E-state index in [1.807, 2.05) is 11.3 Å². The van der Waals surface area contributed by atoms with E-state index in [9.17, 15) is 0 Å². The van der Waals surface area contributed by atoms with Crippen LogP contribution in [-0.2, 0) is 0 Å². The third-order valence-electron chi connectivity index (χ3n) is 10.1. The van der Waals surface area contributed by atoms with Crippen LogP contribution in [0.3, 0.4) is 0 Å². The molecular formula is C46H33N3S. The molecule has 4 heteroatoms. The van der Waals surface area contributed by atoms with Crippen LogP contribution in [0.25, 0.3) is 69.9 Å². The standard InChI is InChI=1S/C46H33N3S/c1-4-12-30(13-5-1)33-22-25-42-39(26-33)36-23-20-34(31-14-6-2-7-15-31)27-43(36)49(42)46-47-40(32-16-8-3-9-17-32)29-41(48-46)35-21-24-38-37-18-10-11-19-44(37)50-45(38)28-35/h1-29,40,46-48H. The third kappa shape index (κ3) is 4.92. The van der Waals surface area contributed by atoms with Crippen LogP contribution < -0.4 is 10.6 Å². The van der Waals surface area contributed by atoms with Crippen LogP contribution in [-0.4, -0.2) is 4.57 Å². The van der Waals surface area contributed by atoms with E-state index in [2.05, 4.69) is 191 Å². The van der Waals surface area contributed by atoms with Gasteiger partial charge < -0.3 is 9.88 Å². The van der Waals surface area contributed by atoms with Crippen LogP contribution >= 0.6 is 11.3 Å². The number of benzene rings is 7. The highest BCUT2D eigenvalue weighted by Gasteiger charge is 2.27. The maximum absolute atomic E-state index is 4.00. The van der Waals surface area contributed by atoms with Gasteiger partial charge in [-0.1, -0.05) is 140 Å². The Morgan fingerprint density at radius 1 is 0.440 bits per heavy atom. The number of rotatable bonds is 5. The molecular weight excluding hydrogens is 627 g/mol. The minimum Gasteiger partial charge on any atom is -0.352 e. The summed E-state index contributed by atoms with van der Waals surface area (Å²) in [7, 11) is 0. The number of nitrogens with zero attached hydrogens (tertiary/aromatic N) is 1. The Balaban J connectivity index is 1.16. The van der Waals surface area contributed by atoms with Crippen molar-refractivity contribution < 1.29 is 0 Å². The number of hydrogen-bond acceptors (Lipinski definition) is 3. The minimum atomic E-state index is -0.216. The molecule has 3 heterocycles. The Labute approximate surface area is 294 Å². The van der Waals surface area contributed by atoms with Crippen molar-refractivity contribution in [1.29, 1.82) is 0 Å². The lowest BCUT2D eigenvalue weighted by molar-refractivity contribution is 0.350. The highest BCUT2D eigenvalue weighted by atomic mass is 32.1. The Hall–Kier alpha value is -5.94. The molecule has 1 aliphatic rings. The molecule has 0 aliphatic carbocycles. The van der Waals surface area contributed by atoms with Crippen molar-refractivity contribution in [3.63, 3.8) is 0 Å². The van der Waals surface area contributed by atoms with Gasteiger partial charge in [-0.2, -0.15) is 0 Å². The van der Waals surface area contributed by atoms with Crippen LogP contribution in [0.15, 0.2) is 176 Å². The van der Waals surface area contributed by atoms with E-state index in [4.69, 9.17) is 0 Å². The second-order valence-electron chi connectivity index (χ2n) is 13.1. The van der Waals surface area contributed by atoms with Crippen LogP contribution in [0.4, 0.5) is 0 Å². The fourth-order valence-electron chi connectivity index (χ4n) is 7.64. The SMILES string of the molecule is C1=C(c2ccc3c(c2)sc2ccccc23)NC(n2c3ccc(-c4ccccc4)cc3c3ccc(-c4ccccc4)cc32)NC1c1ccccc1. The fourth-order valence-corrected chi connectivity index (χ4v) is 8.78. The van der Waals surface area contributed by atoms with Gasteiger partial charge in [-0.15, -0.1) is 11.3 Å². The number of aromatic nitrogens is 1. The van der Waals surface area contributed by atoms with Crippen molar-refractivity contribution in [2.75, 3.05) is 0 Å². The molecule has 0 radical (unpaired) electrons. The van der Waals surface area contributed by atoms with Crippen LogP contribution in [0.5, 0.6) is 0 Å². The lowest BCUT2D eigenvalue weighted by Crippen LogP contribution is -2.43. The first-order valence-corrected chi connectivity index (χ1v) is 18.0. The van der Waals surface area contributed by atoms with Crippen molar-refractivity contribution in [1.82, 2.24) is 15.2 Å². The quantitative estimate of drug-likeness (QED) is 0.193. The van der Waals surface area contributed by atoms with Crippen LogP contribution in [0.2, 0.25) is 0 Å². The number of thiophene rings is 1. The molecule has 50 heavy (non-hydrogen) atoms. The second-order valence-corrected chi connectivity index (χ2v) is 14.1. The van der Waals surface area contributed by atoms with Gasteiger partial charge in [0.05, 0.1) is 17.1 Å². The maximum atomic E-state index is 4.00. The summed E-state index contributed by atoms with van der Waals surface area (Å²) in [6.45, 7) is 0. The van der Waals surface area contributed by atoms with Crippen molar-refractivity contribution in [2.45, 2.75) is 12.3 Å². The van der Waals surface area contributed by atoms with Gasteiger partial charge in [-0.3, -0.25) is 5.32 Å². The van der Waals surface area contributed by atoms with Gasteiger partial charge >= 0.3 is 0 Å². The summed E-state index contributed by atoms with van der Waals surface area (Å²) >= 11 is 1.86. The molecule has 1 aliphatic heterocycles. The van der Waals surface area contributed by atoms with E-state index in [1.165, 1.54) is 75.4 Å². The molecule has 0 amide bonds. The summed E-state index contributed by atoms with van der Waals surface area (Å²) in [6, 6.07) is 61.6. The molecule has 0 spiro atoms. The summed E-state index contributed by atoms with van der Waals surface area (Å²) in [4.78, 5) is 0. The molecule has 7 aromatic carbocycles. The normalized spacial score (nSPS) is 16.2. The van der Waals surface area contributed by atoms with Gasteiger partial charge in [0.1, 0.15) is 0 Å². The van der Waals surface area contributed by atoms with Gasteiger partial charge in [0.2, 0.25) is 0 Å². The van der Waals surface area contributed by atoms with Gasteiger partial charge in [0.15, 0.2) is 6.29 Å². The van der Waals surface area contributed by atoms with E-state index in [-0.39, 0.29) is 12.3 Å². The van der Waals surface area contributed by atoms with Gasteiger partial charge in [0.25, 0.3) is 0 Å². The smallest absolute Gasteiger partial charge is 0.160 e. The minimum absolute atomic E-state index is 0.00366. The summed E-state index contributed by atoms with van der Waals surface area (Å²) in [5.41, 5.74) is 10.8. The molecule has 0 bridgehead atoms. The lowest BCUT2D eigenvalue weighted by Gasteiger charge is -2.34. The molecule has 0 saturated heterocycles. The molecule has 2 N–H and O–H groups in total. The first-order valence-electron chi connectivity index (χ1n) is 17.2. The average Bonchev–Trinajstić information content (AvgIpc) is 3.73. The van der Waals surface area contributed by atoms with Crippen molar-refractivity contribution >= 4 is 59.0 Å². The van der Waals surface area contributed by atoms with Gasteiger partial charge in [-0.25, -0.2) is 0 Å². The summed E-state index contributed by atoms with van der Waals surface area (Å²) in [6.07, 6.45) is 2.13. The number of nitrogens with one attached hydrogen (secondary N) is 2. The zero-order valence-corrected chi connectivity index (χ0v) is 28.1. The first-order chi connectivity index (χ1) is 24.8. The van der Waals surface area contributed by atoms with Crippen LogP contribution in [0, 0.1) is 0 Å². The monoisotopic (exact) mass is 659 g/mol. The molecule has 9 aromatic rings. The third-order valence-corrected chi connectivity index (χ3v) is 11.2. The van der Waals surface area contributed by atoms with Crippen molar-refractivity contribution in [3.8, 4) is 22.3 Å². The van der Waals surface area contributed by atoms with E-state index in [0.29, 0.717) is 0 Å². The Kier molecular flexibility index (Phi) is 6.90. The van der Waals surface area contributed by atoms with E-state index >= 15 is 0 Å². The predicted molar refractivity (Wildman–Crippen MR) is 212 cm³/mol. The molecule has 3 nitrogen and oxygen atoms in total. The zero-order valence-electron chi connectivity index (χ0n) is 27.3. The highest BCUT2D eigenvalue weighted by molar-refractivity contribution is 7.25. The maximum Gasteiger partial charge on any atom is 0.160 e. The van der Waals surface area contributed by atoms with Crippen LogP contribution in [0.1, 0.15) is 23.5 Å². The molecule has 0 fully saturated rings.